The second-order valence-electron chi connectivity index (χ2n) is 6.51. The SMILES string of the molecule is COCc1cc(-c2nc3c([nH]2)C[C@H](c2cccc(OC)c2)CNC3=O)n[nH]1. The molecule has 1 aromatic carbocycles. The minimum absolute atomic E-state index is 0.127. The average Bonchev–Trinajstić information content (AvgIpc) is 3.29. The number of ether oxygens (including phenoxy) is 2. The van der Waals surface area contributed by atoms with Crippen LogP contribution in [0.3, 0.4) is 0 Å². The van der Waals surface area contributed by atoms with Gasteiger partial charge in [-0.1, -0.05) is 12.1 Å². The maximum absolute atomic E-state index is 12.5. The summed E-state index contributed by atoms with van der Waals surface area (Å²) in [6, 6.07) is 9.78. The molecule has 0 unspecified atom stereocenters. The number of aromatic nitrogens is 4. The van der Waals surface area contributed by atoms with Crippen molar-refractivity contribution < 1.29 is 14.3 Å². The lowest BCUT2D eigenvalue weighted by atomic mass is 9.94. The summed E-state index contributed by atoms with van der Waals surface area (Å²) < 4.78 is 10.4. The van der Waals surface area contributed by atoms with Crippen molar-refractivity contribution in [1.82, 2.24) is 25.5 Å². The summed E-state index contributed by atoms with van der Waals surface area (Å²) >= 11 is 0. The monoisotopic (exact) mass is 367 g/mol. The smallest absolute Gasteiger partial charge is 0.271 e. The highest BCUT2D eigenvalue weighted by Crippen LogP contribution is 2.28. The minimum Gasteiger partial charge on any atom is -0.497 e. The third-order valence-electron chi connectivity index (χ3n) is 4.69. The first-order chi connectivity index (χ1) is 13.2. The zero-order chi connectivity index (χ0) is 18.8. The first-order valence-electron chi connectivity index (χ1n) is 8.72. The summed E-state index contributed by atoms with van der Waals surface area (Å²) in [4.78, 5) is 20.3. The summed E-state index contributed by atoms with van der Waals surface area (Å²) in [5.74, 6) is 1.32. The van der Waals surface area contributed by atoms with Gasteiger partial charge in [0.25, 0.3) is 5.91 Å². The summed E-state index contributed by atoms with van der Waals surface area (Å²) in [6.45, 7) is 0.984. The molecule has 0 radical (unpaired) electrons. The lowest BCUT2D eigenvalue weighted by molar-refractivity contribution is 0.0950. The molecular weight excluding hydrogens is 346 g/mol. The number of benzene rings is 1. The van der Waals surface area contributed by atoms with Crippen LogP contribution in [0.4, 0.5) is 0 Å². The Labute approximate surface area is 156 Å². The van der Waals surface area contributed by atoms with Crippen molar-refractivity contribution >= 4 is 5.91 Å². The van der Waals surface area contributed by atoms with Crippen LogP contribution in [0.1, 0.15) is 33.4 Å². The quantitative estimate of drug-likeness (QED) is 0.640. The predicted octanol–water partition coefficient (Wildman–Crippen LogP) is 2.02. The maximum Gasteiger partial charge on any atom is 0.271 e. The van der Waals surface area contributed by atoms with Crippen LogP contribution >= 0.6 is 0 Å². The standard InChI is InChI=1S/C19H21N5O3/c1-26-10-13-8-16(24-23-13)18-21-15-7-12(9-20-19(25)17(15)22-18)11-4-3-5-14(6-11)27-2/h3-6,8,12H,7,9-10H2,1-2H3,(H,20,25)(H,21,22)(H,23,24)/t12-/m0/s1. The van der Waals surface area contributed by atoms with E-state index in [-0.39, 0.29) is 11.8 Å². The number of amides is 1. The Morgan fingerprint density at radius 2 is 2.15 bits per heavy atom. The van der Waals surface area contributed by atoms with E-state index >= 15 is 0 Å². The van der Waals surface area contributed by atoms with E-state index in [1.165, 1.54) is 0 Å². The molecule has 0 fully saturated rings. The van der Waals surface area contributed by atoms with E-state index in [0.717, 1.165) is 22.7 Å². The normalized spacial score (nSPS) is 16.5. The molecule has 0 saturated heterocycles. The Bertz CT molecular complexity index is 962. The third kappa shape index (κ3) is 3.43. The molecule has 8 nitrogen and oxygen atoms in total. The fraction of sp³-hybridized carbons (Fsp3) is 0.316. The van der Waals surface area contributed by atoms with Crippen LogP contribution in [0.2, 0.25) is 0 Å². The molecule has 3 heterocycles. The largest absolute Gasteiger partial charge is 0.497 e. The first kappa shape index (κ1) is 17.3. The summed E-state index contributed by atoms with van der Waals surface area (Å²) in [6.07, 6.45) is 0.670. The lowest BCUT2D eigenvalue weighted by Gasteiger charge is -2.15. The molecule has 0 bridgehead atoms. The van der Waals surface area contributed by atoms with Crippen LogP contribution in [-0.2, 0) is 17.8 Å². The maximum atomic E-state index is 12.5. The van der Waals surface area contributed by atoms with E-state index in [2.05, 4.69) is 25.5 Å². The van der Waals surface area contributed by atoms with Crippen molar-refractivity contribution in [3.8, 4) is 17.3 Å². The Morgan fingerprint density at radius 3 is 2.96 bits per heavy atom. The molecule has 1 aliphatic heterocycles. The molecule has 1 aliphatic rings. The van der Waals surface area contributed by atoms with Gasteiger partial charge < -0.3 is 19.8 Å². The number of methoxy groups -OCH3 is 2. The Kier molecular flexibility index (Phi) is 4.64. The molecule has 1 atom stereocenters. The van der Waals surface area contributed by atoms with E-state index in [1.807, 2.05) is 30.3 Å². The molecule has 0 spiro atoms. The highest BCUT2D eigenvalue weighted by Gasteiger charge is 2.27. The van der Waals surface area contributed by atoms with Gasteiger partial charge in [0.2, 0.25) is 0 Å². The van der Waals surface area contributed by atoms with Gasteiger partial charge in [-0.3, -0.25) is 9.89 Å². The van der Waals surface area contributed by atoms with E-state index < -0.39 is 0 Å². The molecule has 0 saturated carbocycles. The predicted molar refractivity (Wildman–Crippen MR) is 98.7 cm³/mol. The molecular formula is C19H21N5O3. The second kappa shape index (κ2) is 7.24. The van der Waals surface area contributed by atoms with E-state index in [9.17, 15) is 4.79 Å². The fourth-order valence-corrected chi connectivity index (χ4v) is 3.33. The highest BCUT2D eigenvalue weighted by atomic mass is 16.5. The Balaban J connectivity index is 1.64. The van der Waals surface area contributed by atoms with Crippen molar-refractivity contribution in [2.75, 3.05) is 20.8 Å². The Morgan fingerprint density at radius 1 is 1.26 bits per heavy atom. The number of hydrogen-bond donors (Lipinski definition) is 3. The lowest BCUT2D eigenvalue weighted by Crippen LogP contribution is -2.26. The van der Waals surface area contributed by atoms with Crippen molar-refractivity contribution in [3.63, 3.8) is 0 Å². The number of carbonyl (C=O) groups excluding carboxylic acids is 1. The van der Waals surface area contributed by atoms with Gasteiger partial charge in [0, 0.05) is 25.3 Å². The zero-order valence-corrected chi connectivity index (χ0v) is 15.2. The molecule has 1 amide bonds. The van der Waals surface area contributed by atoms with Crippen molar-refractivity contribution in [2.45, 2.75) is 18.9 Å². The van der Waals surface area contributed by atoms with Gasteiger partial charge in [-0.25, -0.2) is 4.98 Å². The number of nitrogens with zero attached hydrogens (tertiary/aromatic N) is 2. The molecule has 2 aromatic heterocycles. The van der Waals surface area contributed by atoms with Gasteiger partial charge in [-0.15, -0.1) is 0 Å². The summed E-state index contributed by atoms with van der Waals surface area (Å²) in [5.41, 5.74) is 3.84. The molecule has 4 rings (SSSR count). The molecule has 140 valence electrons. The van der Waals surface area contributed by atoms with Crippen LogP contribution in [0.25, 0.3) is 11.5 Å². The summed E-state index contributed by atoms with van der Waals surface area (Å²) in [5, 5.41) is 10.1. The van der Waals surface area contributed by atoms with E-state index in [4.69, 9.17) is 9.47 Å². The Hall–Kier alpha value is -3.13. The zero-order valence-electron chi connectivity index (χ0n) is 15.2. The van der Waals surface area contributed by atoms with E-state index in [1.54, 1.807) is 14.2 Å². The first-order valence-corrected chi connectivity index (χ1v) is 8.72. The van der Waals surface area contributed by atoms with Gasteiger partial charge in [-0.2, -0.15) is 5.10 Å². The number of rotatable bonds is 5. The molecule has 0 aliphatic carbocycles. The minimum atomic E-state index is -0.175. The van der Waals surface area contributed by atoms with Gasteiger partial charge in [0.05, 0.1) is 19.4 Å². The number of fused-ring (bicyclic) bond motifs is 1. The van der Waals surface area contributed by atoms with Crippen molar-refractivity contribution in [3.05, 3.63) is 53.0 Å². The number of H-pyrrole nitrogens is 2. The summed E-state index contributed by atoms with van der Waals surface area (Å²) in [7, 11) is 3.27. The van der Waals surface area contributed by atoms with Crippen molar-refractivity contribution in [1.29, 1.82) is 0 Å². The van der Waals surface area contributed by atoms with Crippen LogP contribution in [0.15, 0.2) is 30.3 Å². The topological polar surface area (TPSA) is 105 Å². The van der Waals surface area contributed by atoms with Crippen LogP contribution in [-0.4, -0.2) is 46.8 Å². The van der Waals surface area contributed by atoms with Gasteiger partial charge in [-0.05, 0) is 30.2 Å². The molecule has 3 N–H and O–H groups in total. The number of hydrogen-bond acceptors (Lipinski definition) is 5. The number of nitrogens with one attached hydrogen (secondary N) is 3. The number of imidazole rings is 1. The average molecular weight is 367 g/mol. The highest BCUT2D eigenvalue weighted by molar-refractivity contribution is 5.94. The molecule has 3 aromatic rings. The van der Waals surface area contributed by atoms with Crippen LogP contribution < -0.4 is 10.1 Å². The second-order valence-corrected chi connectivity index (χ2v) is 6.51. The molecule has 27 heavy (non-hydrogen) atoms. The van der Waals surface area contributed by atoms with Crippen LogP contribution in [0, 0.1) is 0 Å². The van der Waals surface area contributed by atoms with Gasteiger partial charge in [0.15, 0.2) is 5.82 Å². The van der Waals surface area contributed by atoms with Crippen LogP contribution in [0.5, 0.6) is 5.75 Å². The number of carbonyl (C=O) groups is 1. The third-order valence-corrected chi connectivity index (χ3v) is 4.69. The van der Waals surface area contributed by atoms with Gasteiger partial charge >= 0.3 is 0 Å². The van der Waals surface area contributed by atoms with Gasteiger partial charge in [0.1, 0.15) is 17.1 Å². The number of aromatic amines is 2. The molecule has 8 heteroatoms. The fourth-order valence-electron chi connectivity index (χ4n) is 3.33. The van der Waals surface area contributed by atoms with Crippen molar-refractivity contribution in [2.24, 2.45) is 0 Å². The van der Waals surface area contributed by atoms with E-state index in [0.29, 0.717) is 36.8 Å².